The molecule has 0 aliphatic rings. The molecule has 10 heteroatoms. The molecule has 2 aromatic carbocycles. The van der Waals surface area contributed by atoms with Gasteiger partial charge in [0.1, 0.15) is 6.04 Å². The first kappa shape index (κ1) is 30.9. The normalized spacial score (nSPS) is 12.2. The van der Waals surface area contributed by atoms with Crippen molar-refractivity contribution in [3.8, 4) is 0 Å². The summed E-state index contributed by atoms with van der Waals surface area (Å²) in [6.07, 6.45) is 3.25. The average molecular weight is 571 g/mol. The molecule has 0 spiro atoms. The zero-order valence-corrected chi connectivity index (χ0v) is 24.5. The highest BCUT2D eigenvalue weighted by atomic mass is 35.5. The zero-order valence-electron chi connectivity index (χ0n) is 22.2. The molecule has 37 heavy (non-hydrogen) atoms. The largest absolute Gasteiger partial charge is 0.354 e. The Morgan fingerprint density at radius 2 is 1.70 bits per heavy atom. The van der Waals surface area contributed by atoms with Gasteiger partial charge in [0.15, 0.2) is 0 Å². The van der Waals surface area contributed by atoms with Gasteiger partial charge in [0.05, 0.1) is 11.9 Å². The van der Waals surface area contributed by atoms with Crippen LogP contribution in [0.3, 0.4) is 0 Å². The summed E-state index contributed by atoms with van der Waals surface area (Å²) in [7, 11) is -3.57. The third-order valence-electron chi connectivity index (χ3n) is 6.17. The second-order valence-corrected chi connectivity index (χ2v) is 12.0. The van der Waals surface area contributed by atoms with Gasteiger partial charge in [-0.25, -0.2) is 8.42 Å². The average Bonchev–Trinajstić information content (AvgIpc) is 2.82. The second-order valence-electron chi connectivity index (χ2n) is 9.27. The minimum atomic E-state index is -3.57. The van der Waals surface area contributed by atoms with E-state index < -0.39 is 16.1 Å². The molecule has 1 N–H and O–H groups in total. The van der Waals surface area contributed by atoms with Crippen LogP contribution in [0.1, 0.15) is 56.2 Å². The molecular weight excluding hydrogens is 533 g/mol. The Kier molecular flexibility index (Phi) is 11.7. The number of rotatable bonds is 13. The van der Waals surface area contributed by atoms with Crippen molar-refractivity contribution in [1.29, 1.82) is 0 Å². The molecular formula is C27H37Cl2N3O4S. The Morgan fingerprint density at radius 1 is 1.05 bits per heavy atom. The molecule has 0 aliphatic heterocycles. The Balaban J connectivity index is 2.23. The number of carbonyl (C=O) groups excluding carboxylic acids is 2. The summed E-state index contributed by atoms with van der Waals surface area (Å²) in [6.45, 7) is 8.17. The maximum absolute atomic E-state index is 13.4. The van der Waals surface area contributed by atoms with E-state index in [0.29, 0.717) is 27.8 Å². The Morgan fingerprint density at radius 3 is 2.30 bits per heavy atom. The van der Waals surface area contributed by atoms with Crippen LogP contribution in [0.2, 0.25) is 10.0 Å². The van der Waals surface area contributed by atoms with E-state index in [-0.39, 0.29) is 37.7 Å². The summed E-state index contributed by atoms with van der Waals surface area (Å²) in [5.74, 6) is -0.554. The summed E-state index contributed by atoms with van der Waals surface area (Å²) in [4.78, 5) is 27.7. The smallest absolute Gasteiger partial charge is 0.242 e. The van der Waals surface area contributed by atoms with E-state index in [2.05, 4.69) is 5.32 Å². The van der Waals surface area contributed by atoms with E-state index in [1.807, 2.05) is 39.0 Å². The van der Waals surface area contributed by atoms with Crippen molar-refractivity contribution < 1.29 is 18.0 Å². The molecule has 0 radical (unpaired) electrons. The fourth-order valence-electron chi connectivity index (χ4n) is 3.94. The van der Waals surface area contributed by atoms with E-state index in [9.17, 15) is 18.0 Å². The number of benzene rings is 2. The third-order valence-corrected chi connectivity index (χ3v) is 8.06. The fraction of sp³-hybridized carbons (Fsp3) is 0.481. The van der Waals surface area contributed by atoms with E-state index in [4.69, 9.17) is 23.2 Å². The van der Waals surface area contributed by atoms with E-state index in [0.717, 1.165) is 30.2 Å². The number of anilines is 1. The number of carbonyl (C=O) groups is 2. The van der Waals surface area contributed by atoms with Crippen LogP contribution in [0.25, 0.3) is 0 Å². The lowest BCUT2D eigenvalue weighted by Crippen LogP contribution is -2.48. The van der Waals surface area contributed by atoms with Gasteiger partial charge in [-0.1, -0.05) is 54.7 Å². The molecule has 2 amide bonds. The van der Waals surface area contributed by atoms with E-state index in [1.54, 1.807) is 25.1 Å². The molecule has 0 unspecified atom stereocenters. The van der Waals surface area contributed by atoms with Gasteiger partial charge in [0.25, 0.3) is 0 Å². The SMILES string of the molecule is CCCCNC(=O)[C@H](C)N(Cc1c(Cl)cccc1Cl)C(=O)CCCN(c1cc(C)ccc1C)S(C)(=O)=O. The number of nitrogens with one attached hydrogen (secondary N) is 1. The number of unbranched alkanes of at least 4 members (excludes halogenated alkanes) is 1. The lowest BCUT2D eigenvalue weighted by Gasteiger charge is -2.30. The number of amides is 2. The number of halogens is 2. The second kappa shape index (κ2) is 14.0. The lowest BCUT2D eigenvalue weighted by molar-refractivity contribution is -0.140. The summed E-state index contributed by atoms with van der Waals surface area (Å²) >= 11 is 12.7. The van der Waals surface area contributed by atoms with Gasteiger partial charge in [-0.15, -0.1) is 0 Å². The quantitative estimate of drug-likeness (QED) is 0.323. The van der Waals surface area contributed by atoms with Crippen molar-refractivity contribution in [3.63, 3.8) is 0 Å². The predicted octanol–water partition coefficient (Wildman–Crippen LogP) is 5.49. The summed E-state index contributed by atoms with van der Waals surface area (Å²) in [5, 5.41) is 3.68. The number of hydrogen-bond donors (Lipinski definition) is 1. The number of hydrogen-bond acceptors (Lipinski definition) is 4. The highest BCUT2D eigenvalue weighted by molar-refractivity contribution is 7.92. The van der Waals surface area contributed by atoms with Gasteiger partial charge in [-0.2, -0.15) is 0 Å². The summed E-state index contributed by atoms with van der Waals surface area (Å²) < 4.78 is 26.5. The molecule has 2 rings (SSSR count). The first-order valence-corrected chi connectivity index (χ1v) is 15.0. The zero-order chi connectivity index (χ0) is 27.8. The van der Waals surface area contributed by atoms with Gasteiger partial charge in [-0.3, -0.25) is 13.9 Å². The molecule has 0 aromatic heterocycles. The van der Waals surface area contributed by atoms with Crippen molar-refractivity contribution in [1.82, 2.24) is 10.2 Å². The third kappa shape index (κ3) is 8.90. The predicted molar refractivity (Wildman–Crippen MR) is 152 cm³/mol. The van der Waals surface area contributed by atoms with Gasteiger partial charge in [-0.05, 0) is 62.9 Å². The molecule has 7 nitrogen and oxygen atoms in total. The molecule has 0 saturated heterocycles. The monoisotopic (exact) mass is 569 g/mol. The molecule has 0 bridgehead atoms. The van der Waals surface area contributed by atoms with Crippen LogP contribution >= 0.6 is 23.2 Å². The molecule has 2 aromatic rings. The Labute approximate surface area is 231 Å². The van der Waals surface area contributed by atoms with Crippen LogP contribution in [0.5, 0.6) is 0 Å². The molecule has 0 saturated carbocycles. The molecule has 0 fully saturated rings. The van der Waals surface area contributed by atoms with Crippen molar-refractivity contribution in [3.05, 3.63) is 63.1 Å². The van der Waals surface area contributed by atoms with Gasteiger partial charge in [0.2, 0.25) is 21.8 Å². The highest BCUT2D eigenvalue weighted by Gasteiger charge is 2.28. The van der Waals surface area contributed by atoms with Crippen LogP contribution in [0, 0.1) is 13.8 Å². The molecule has 1 atom stereocenters. The Bertz CT molecular complexity index is 1180. The van der Waals surface area contributed by atoms with Crippen LogP contribution in [0.4, 0.5) is 5.69 Å². The number of nitrogens with zero attached hydrogens (tertiary/aromatic N) is 2. The Hall–Kier alpha value is -2.29. The van der Waals surface area contributed by atoms with Crippen molar-refractivity contribution in [2.75, 3.05) is 23.7 Å². The maximum atomic E-state index is 13.4. The van der Waals surface area contributed by atoms with Crippen LogP contribution < -0.4 is 9.62 Å². The number of aryl methyl sites for hydroxylation is 2. The van der Waals surface area contributed by atoms with Crippen LogP contribution in [-0.4, -0.2) is 50.5 Å². The van der Waals surface area contributed by atoms with Gasteiger partial charge >= 0.3 is 0 Å². The van der Waals surface area contributed by atoms with Gasteiger partial charge in [0, 0.05) is 41.7 Å². The first-order chi connectivity index (χ1) is 17.4. The van der Waals surface area contributed by atoms with E-state index >= 15 is 0 Å². The molecule has 0 heterocycles. The van der Waals surface area contributed by atoms with Gasteiger partial charge < -0.3 is 10.2 Å². The van der Waals surface area contributed by atoms with Crippen molar-refractivity contribution in [2.45, 2.75) is 66.0 Å². The minimum Gasteiger partial charge on any atom is -0.354 e. The summed E-state index contributed by atoms with van der Waals surface area (Å²) in [6, 6.07) is 9.95. The molecule has 0 aliphatic carbocycles. The van der Waals surface area contributed by atoms with Crippen molar-refractivity contribution in [2.24, 2.45) is 0 Å². The van der Waals surface area contributed by atoms with Crippen LogP contribution in [-0.2, 0) is 26.2 Å². The van der Waals surface area contributed by atoms with Crippen molar-refractivity contribution >= 4 is 50.7 Å². The minimum absolute atomic E-state index is 0.0472. The highest BCUT2D eigenvalue weighted by Crippen LogP contribution is 2.28. The summed E-state index contributed by atoms with van der Waals surface area (Å²) in [5.41, 5.74) is 2.92. The van der Waals surface area contributed by atoms with Crippen LogP contribution in [0.15, 0.2) is 36.4 Å². The molecule has 204 valence electrons. The standard InChI is InChI=1S/C27H37Cl2N3O4S/c1-6-7-15-30-27(34)21(4)31(18-22-23(28)10-8-11-24(22)29)26(33)12-9-16-32(37(5,35)36)25-17-19(2)13-14-20(25)3/h8,10-11,13-14,17,21H,6-7,9,12,15-16,18H2,1-5H3,(H,30,34)/t21-/m0/s1. The lowest BCUT2D eigenvalue weighted by atomic mass is 10.1. The first-order valence-electron chi connectivity index (χ1n) is 12.4. The van der Waals surface area contributed by atoms with E-state index in [1.165, 1.54) is 9.21 Å². The topological polar surface area (TPSA) is 86.8 Å². The number of sulfonamides is 1. The fourth-order valence-corrected chi connectivity index (χ4v) is 5.47. The maximum Gasteiger partial charge on any atom is 0.242 e.